The van der Waals surface area contributed by atoms with E-state index in [0.29, 0.717) is 18.7 Å². The van der Waals surface area contributed by atoms with Crippen molar-refractivity contribution in [2.75, 3.05) is 13.1 Å². The van der Waals surface area contributed by atoms with Gasteiger partial charge >= 0.3 is 0 Å². The Labute approximate surface area is 113 Å². The van der Waals surface area contributed by atoms with Crippen LogP contribution in [0.4, 0.5) is 0 Å². The summed E-state index contributed by atoms with van der Waals surface area (Å²) >= 11 is 0. The highest BCUT2D eigenvalue weighted by Gasteiger charge is 2.35. The van der Waals surface area contributed by atoms with Crippen LogP contribution >= 0.6 is 0 Å². The molecule has 102 valence electrons. The molecule has 1 atom stereocenters. The summed E-state index contributed by atoms with van der Waals surface area (Å²) < 4.78 is 26.7. The number of nitriles is 1. The van der Waals surface area contributed by atoms with E-state index in [4.69, 9.17) is 5.73 Å². The molecule has 0 bridgehead atoms. The second-order valence-electron chi connectivity index (χ2n) is 4.71. The van der Waals surface area contributed by atoms with Crippen LogP contribution in [0.15, 0.2) is 23.1 Å². The molecule has 0 radical (unpaired) electrons. The van der Waals surface area contributed by atoms with Gasteiger partial charge in [0, 0.05) is 19.1 Å². The van der Waals surface area contributed by atoms with Gasteiger partial charge in [-0.3, -0.25) is 0 Å². The van der Waals surface area contributed by atoms with Crippen LogP contribution in [0.25, 0.3) is 0 Å². The molecule has 0 saturated carbocycles. The van der Waals surface area contributed by atoms with E-state index in [1.165, 1.54) is 10.4 Å². The number of sulfonamides is 1. The van der Waals surface area contributed by atoms with Crippen molar-refractivity contribution >= 4 is 10.0 Å². The third kappa shape index (κ3) is 2.37. The minimum atomic E-state index is -3.63. The molecule has 5 nitrogen and oxygen atoms in total. The zero-order chi connectivity index (χ0) is 14.0. The predicted molar refractivity (Wildman–Crippen MR) is 71.9 cm³/mol. The maximum Gasteiger partial charge on any atom is 0.244 e. The van der Waals surface area contributed by atoms with Gasteiger partial charge in [-0.15, -0.1) is 0 Å². The summed E-state index contributed by atoms with van der Waals surface area (Å²) in [4.78, 5) is 0.0929. The van der Waals surface area contributed by atoms with E-state index in [-0.39, 0.29) is 16.5 Å². The predicted octanol–water partition coefficient (Wildman–Crippen LogP) is 0.979. The van der Waals surface area contributed by atoms with Crippen molar-refractivity contribution in [1.82, 2.24) is 4.31 Å². The quantitative estimate of drug-likeness (QED) is 0.893. The maximum absolute atomic E-state index is 12.7. The molecule has 1 saturated heterocycles. The Hall–Kier alpha value is -1.42. The van der Waals surface area contributed by atoms with Crippen LogP contribution < -0.4 is 5.73 Å². The van der Waals surface area contributed by atoms with Gasteiger partial charge in [-0.05, 0) is 31.4 Å². The molecular formula is C13H17N3O2S. The van der Waals surface area contributed by atoms with Gasteiger partial charge in [0.1, 0.15) is 11.0 Å². The number of hydrogen-bond donors (Lipinski definition) is 1. The topological polar surface area (TPSA) is 87.2 Å². The first-order valence-electron chi connectivity index (χ1n) is 6.24. The Balaban J connectivity index is 2.52. The summed E-state index contributed by atoms with van der Waals surface area (Å²) in [5.74, 6) is 0. The second-order valence-corrected chi connectivity index (χ2v) is 6.57. The number of nitrogens with zero attached hydrogens (tertiary/aromatic N) is 2. The van der Waals surface area contributed by atoms with Crippen LogP contribution in [0, 0.1) is 18.3 Å². The first kappa shape index (κ1) is 14.0. The number of benzene rings is 1. The monoisotopic (exact) mass is 279 g/mol. The van der Waals surface area contributed by atoms with Crippen molar-refractivity contribution in [2.24, 2.45) is 5.73 Å². The van der Waals surface area contributed by atoms with Crippen LogP contribution in [0.3, 0.4) is 0 Å². The molecule has 1 aliphatic rings. The Morgan fingerprint density at radius 3 is 2.89 bits per heavy atom. The van der Waals surface area contributed by atoms with E-state index in [1.807, 2.05) is 6.07 Å². The molecule has 1 heterocycles. The summed E-state index contributed by atoms with van der Waals surface area (Å²) in [5, 5.41) is 9.17. The third-order valence-corrected chi connectivity index (χ3v) is 5.52. The van der Waals surface area contributed by atoms with Crippen molar-refractivity contribution in [2.45, 2.75) is 30.7 Å². The van der Waals surface area contributed by atoms with Gasteiger partial charge in [0.25, 0.3) is 0 Å². The average Bonchev–Trinajstić information content (AvgIpc) is 2.87. The van der Waals surface area contributed by atoms with Crippen molar-refractivity contribution in [3.63, 3.8) is 0 Å². The lowest BCUT2D eigenvalue weighted by molar-refractivity contribution is 0.393. The van der Waals surface area contributed by atoms with Crippen LogP contribution in [0.5, 0.6) is 0 Å². The van der Waals surface area contributed by atoms with E-state index < -0.39 is 10.0 Å². The SMILES string of the molecule is Cc1cccc(S(=O)(=O)N2CCCC2CN)c1C#N. The van der Waals surface area contributed by atoms with Crippen molar-refractivity contribution in [1.29, 1.82) is 5.26 Å². The van der Waals surface area contributed by atoms with E-state index in [9.17, 15) is 13.7 Å². The molecule has 2 rings (SSSR count). The standard InChI is InChI=1S/C13H17N3O2S/c1-10-4-2-6-13(12(10)9-15)19(17,18)16-7-3-5-11(16)8-14/h2,4,6,11H,3,5,7-8,14H2,1H3. The van der Waals surface area contributed by atoms with E-state index in [1.54, 1.807) is 19.1 Å². The van der Waals surface area contributed by atoms with Crippen LogP contribution in [0.1, 0.15) is 24.0 Å². The van der Waals surface area contributed by atoms with E-state index >= 15 is 0 Å². The normalized spacial score (nSPS) is 20.4. The Kier molecular flexibility index (Phi) is 3.90. The highest BCUT2D eigenvalue weighted by Crippen LogP contribution is 2.28. The molecule has 1 fully saturated rings. The lowest BCUT2D eigenvalue weighted by atomic mass is 10.1. The summed E-state index contributed by atoms with van der Waals surface area (Å²) in [6.45, 7) is 2.53. The molecular weight excluding hydrogens is 262 g/mol. The summed E-state index contributed by atoms with van der Waals surface area (Å²) in [5.41, 5.74) is 6.53. The van der Waals surface area contributed by atoms with Gasteiger partial charge in [-0.1, -0.05) is 12.1 Å². The lowest BCUT2D eigenvalue weighted by Gasteiger charge is -2.23. The molecule has 0 aromatic heterocycles. The summed E-state index contributed by atoms with van der Waals surface area (Å²) in [6.07, 6.45) is 1.60. The third-order valence-electron chi connectivity index (χ3n) is 3.53. The van der Waals surface area contributed by atoms with E-state index in [2.05, 4.69) is 0 Å². The minimum Gasteiger partial charge on any atom is -0.329 e. The van der Waals surface area contributed by atoms with Gasteiger partial charge in [-0.2, -0.15) is 9.57 Å². The molecule has 1 unspecified atom stereocenters. The fraction of sp³-hybridized carbons (Fsp3) is 0.462. The molecule has 0 aliphatic carbocycles. The van der Waals surface area contributed by atoms with E-state index in [0.717, 1.165) is 12.8 Å². The van der Waals surface area contributed by atoms with Crippen LogP contribution in [0.2, 0.25) is 0 Å². The zero-order valence-electron chi connectivity index (χ0n) is 10.8. The second kappa shape index (κ2) is 5.29. The Bertz CT molecular complexity index is 619. The van der Waals surface area contributed by atoms with Crippen LogP contribution in [-0.4, -0.2) is 31.9 Å². The molecule has 6 heteroatoms. The van der Waals surface area contributed by atoms with Crippen molar-refractivity contribution in [3.05, 3.63) is 29.3 Å². The average molecular weight is 279 g/mol. The molecule has 1 aromatic rings. The molecule has 0 amide bonds. The van der Waals surface area contributed by atoms with Crippen LogP contribution in [-0.2, 0) is 10.0 Å². The highest BCUT2D eigenvalue weighted by molar-refractivity contribution is 7.89. The summed E-state index contributed by atoms with van der Waals surface area (Å²) in [6, 6.07) is 6.73. The van der Waals surface area contributed by atoms with Gasteiger partial charge in [0.2, 0.25) is 10.0 Å². The molecule has 2 N–H and O–H groups in total. The number of nitrogens with two attached hydrogens (primary N) is 1. The highest BCUT2D eigenvalue weighted by atomic mass is 32.2. The van der Waals surface area contributed by atoms with Gasteiger partial charge < -0.3 is 5.73 Å². The minimum absolute atomic E-state index is 0.0929. The molecule has 0 spiro atoms. The van der Waals surface area contributed by atoms with Gasteiger partial charge in [0.15, 0.2) is 0 Å². The molecule has 1 aliphatic heterocycles. The van der Waals surface area contributed by atoms with Crippen molar-refractivity contribution < 1.29 is 8.42 Å². The largest absolute Gasteiger partial charge is 0.329 e. The Morgan fingerprint density at radius 2 is 2.26 bits per heavy atom. The Morgan fingerprint density at radius 1 is 1.53 bits per heavy atom. The summed E-state index contributed by atoms with van der Waals surface area (Å²) in [7, 11) is -3.63. The zero-order valence-corrected chi connectivity index (χ0v) is 11.7. The molecule has 19 heavy (non-hydrogen) atoms. The number of hydrogen-bond acceptors (Lipinski definition) is 4. The van der Waals surface area contributed by atoms with Gasteiger partial charge in [0.05, 0.1) is 5.56 Å². The lowest BCUT2D eigenvalue weighted by Crippen LogP contribution is -2.40. The first-order chi connectivity index (χ1) is 9.02. The first-order valence-corrected chi connectivity index (χ1v) is 7.68. The smallest absolute Gasteiger partial charge is 0.244 e. The fourth-order valence-electron chi connectivity index (χ4n) is 2.49. The number of aryl methyl sites for hydroxylation is 1. The fourth-order valence-corrected chi connectivity index (χ4v) is 4.41. The number of rotatable bonds is 3. The maximum atomic E-state index is 12.7. The molecule has 1 aromatic carbocycles. The van der Waals surface area contributed by atoms with Crippen molar-refractivity contribution in [3.8, 4) is 6.07 Å². The van der Waals surface area contributed by atoms with Gasteiger partial charge in [-0.25, -0.2) is 8.42 Å².